The number of carboxylic acids is 1. The minimum absolute atomic E-state index is 0.167. The van der Waals surface area contributed by atoms with Crippen molar-refractivity contribution in [3.63, 3.8) is 0 Å². The maximum Gasteiger partial charge on any atom is 0.314 e. The summed E-state index contributed by atoms with van der Waals surface area (Å²) in [6.07, 6.45) is 3.29. The second kappa shape index (κ2) is 9.83. The molecule has 1 aromatic rings. The number of carboxylic acid groups (broad SMARTS) is 1. The van der Waals surface area contributed by atoms with Gasteiger partial charge in [-0.05, 0) is 24.8 Å². The van der Waals surface area contributed by atoms with Gasteiger partial charge in [-0.2, -0.15) is 0 Å². The quantitative estimate of drug-likeness (QED) is 0.606. The van der Waals surface area contributed by atoms with E-state index in [1.54, 1.807) is 0 Å². The van der Waals surface area contributed by atoms with Gasteiger partial charge < -0.3 is 15.7 Å². The zero-order valence-corrected chi connectivity index (χ0v) is 11.6. The summed E-state index contributed by atoms with van der Waals surface area (Å²) in [5.74, 6) is -0.767. The monoisotopic (exact) mass is 278 g/mol. The molecule has 0 radical (unpaired) electrons. The number of hydrogen-bond acceptors (Lipinski definition) is 2. The van der Waals surface area contributed by atoms with Crippen LogP contribution >= 0.6 is 0 Å². The molecule has 110 valence electrons. The van der Waals surface area contributed by atoms with E-state index in [1.807, 2.05) is 30.3 Å². The molecule has 5 nitrogen and oxygen atoms in total. The Bertz CT molecular complexity index is 407. The number of benzene rings is 1. The zero-order valence-electron chi connectivity index (χ0n) is 11.6. The summed E-state index contributed by atoms with van der Waals surface area (Å²) in [5.41, 5.74) is 1.20. The van der Waals surface area contributed by atoms with Crippen LogP contribution in [0.5, 0.6) is 0 Å². The van der Waals surface area contributed by atoms with Crippen LogP contribution in [0.3, 0.4) is 0 Å². The average Bonchev–Trinajstić information content (AvgIpc) is 2.43. The highest BCUT2D eigenvalue weighted by atomic mass is 16.4. The summed E-state index contributed by atoms with van der Waals surface area (Å²) in [6, 6.07) is 9.82. The molecule has 0 bridgehead atoms. The zero-order chi connectivity index (χ0) is 14.6. The Morgan fingerprint density at radius 2 is 1.65 bits per heavy atom. The number of unbranched alkanes of at least 4 members (excludes halogenated alkanes) is 2. The second-order valence-electron chi connectivity index (χ2n) is 4.62. The molecule has 0 saturated heterocycles. The number of carbonyl (C=O) groups is 2. The van der Waals surface area contributed by atoms with E-state index in [1.165, 1.54) is 5.56 Å². The summed E-state index contributed by atoms with van der Waals surface area (Å²) in [5, 5.41) is 14.0. The number of carbonyl (C=O) groups excluding carboxylic acids is 1. The topological polar surface area (TPSA) is 78.4 Å². The lowest BCUT2D eigenvalue weighted by Crippen LogP contribution is -2.37. The Labute approximate surface area is 119 Å². The lowest BCUT2D eigenvalue weighted by molar-refractivity contribution is -0.137. The molecule has 0 saturated carbocycles. The third kappa shape index (κ3) is 8.13. The van der Waals surface area contributed by atoms with Gasteiger partial charge in [0.15, 0.2) is 0 Å². The first-order valence-corrected chi connectivity index (χ1v) is 6.96. The van der Waals surface area contributed by atoms with Gasteiger partial charge in [0.2, 0.25) is 0 Å². The first kappa shape index (κ1) is 16.0. The molecule has 1 aromatic carbocycles. The molecule has 0 fully saturated rings. The van der Waals surface area contributed by atoms with Crippen LogP contribution in [0.25, 0.3) is 0 Å². The summed E-state index contributed by atoms with van der Waals surface area (Å²) >= 11 is 0. The van der Waals surface area contributed by atoms with Crippen LogP contribution in [-0.2, 0) is 11.2 Å². The molecule has 1 rings (SSSR count). The van der Waals surface area contributed by atoms with Crippen LogP contribution in [0, 0.1) is 0 Å². The molecular formula is C15H22N2O3. The smallest absolute Gasteiger partial charge is 0.314 e. The maximum absolute atomic E-state index is 11.5. The Morgan fingerprint density at radius 1 is 0.950 bits per heavy atom. The van der Waals surface area contributed by atoms with E-state index in [0.29, 0.717) is 19.5 Å². The highest BCUT2D eigenvalue weighted by Gasteiger charge is 2.00. The average molecular weight is 278 g/mol. The van der Waals surface area contributed by atoms with Gasteiger partial charge in [-0.1, -0.05) is 36.8 Å². The van der Waals surface area contributed by atoms with E-state index in [9.17, 15) is 9.59 Å². The first-order chi connectivity index (χ1) is 9.68. The van der Waals surface area contributed by atoms with Crippen LogP contribution in [0.15, 0.2) is 30.3 Å². The number of urea groups is 1. The highest BCUT2D eigenvalue weighted by molar-refractivity contribution is 5.73. The van der Waals surface area contributed by atoms with Crippen molar-refractivity contribution in [3.05, 3.63) is 35.9 Å². The maximum atomic E-state index is 11.5. The number of hydrogen-bond donors (Lipinski definition) is 3. The largest absolute Gasteiger partial charge is 0.481 e. The third-order valence-electron chi connectivity index (χ3n) is 2.90. The van der Waals surface area contributed by atoms with E-state index in [2.05, 4.69) is 10.6 Å². The van der Waals surface area contributed by atoms with E-state index < -0.39 is 5.97 Å². The molecule has 3 N–H and O–H groups in total. The van der Waals surface area contributed by atoms with Crippen LogP contribution in [0.1, 0.15) is 31.2 Å². The minimum atomic E-state index is -0.767. The van der Waals surface area contributed by atoms with Crippen molar-refractivity contribution >= 4 is 12.0 Å². The molecule has 0 aliphatic heterocycles. The lowest BCUT2D eigenvalue weighted by atomic mass is 10.1. The van der Waals surface area contributed by atoms with Gasteiger partial charge >= 0.3 is 12.0 Å². The van der Waals surface area contributed by atoms with Gasteiger partial charge in [0.1, 0.15) is 0 Å². The summed E-state index contributed by atoms with van der Waals surface area (Å²) in [6.45, 7) is 1.19. The van der Waals surface area contributed by atoms with Crippen molar-refractivity contribution in [2.45, 2.75) is 32.1 Å². The second-order valence-corrected chi connectivity index (χ2v) is 4.62. The lowest BCUT2D eigenvalue weighted by Gasteiger charge is -2.07. The normalized spacial score (nSPS) is 10.0. The number of aliphatic carboxylic acids is 1. The number of amides is 2. The van der Waals surface area contributed by atoms with Crippen molar-refractivity contribution in [3.8, 4) is 0 Å². The predicted molar refractivity (Wildman–Crippen MR) is 77.7 cm³/mol. The standard InChI is InChI=1S/C15H22N2O3/c18-14(19)9-5-2-6-11-16-15(20)17-12-10-13-7-3-1-4-8-13/h1,3-4,7-8H,2,5-6,9-12H2,(H,18,19)(H2,16,17,20). The van der Waals surface area contributed by atoms with Crippen molar-refractivity contribution in [2.75, 3.05) is 13.1 Å². The molecule has 0 spiro atoms. The van der Waals surface area contributed by atoms with Gasteiger partial charge in [0.05, 0.1) is 0 Å². The first-order valence-electron chi connectivity index (χ1n) is 6.96. The molecule has 0 aliphatic carbocycles. The van der Waals surface area contributed by atoms with E-state index >= 15 is 0 Å². The molecule has 0 aliphatic rings. The fourth-order valence-electron chi connectivity index (χ4n) is 1.81. The van der Waals surface area contributed by atoms with Crippen molar-refractivity contribution in [1.29, 1.82) is 0 Å². The molecule has 0 aromatic heterocycles. The molecule has 5 heteroatoms. The van der Waals surface area contributed by atoms with E-state index in [-0.39, 0.29) is 12.5 Å². The number of nitrogens with one attached hydrogen (secondary N) is 2. The SMILES string of the molecule is O=C(O)CCCCCNC(=O)NCCc1ccccc1. The van der Waals surface area contributed by atoms with Crippen LogP contribution < -0.4 is 10.6 Å². The van der Waals surface area contributed by atoms with E-state index in [4.69, 9.17) is 5.11 Å². The van der Waals surface area contributed by atoms with Crippen molar-refractivity contribution < 1.29 is 14.7 Å². The molecule has 0 unspecified atom stereocenters. The molecule has 2 amide bonds. The number of rotatable bonds is 9. The van der Waals surface area contributed by atoms with Crippen molar-refractivity contribution in [2.24, 2.45) is 0 Å². The molecule has 0 heterocycles. The van der Waals surface area contributed by atoms with Gasteiger partial charge in [-0.3, -0.25) is 4.79 Å². The van der Waals surface area contributed by atoms with Gasteiger partial charge in [-0.15, -0.1) is 0 Å². The Kier molecular flexibility index (Phi) is 7.87. The van der Waals surface area contributed by atoms with E-state index in [0.717, 1.165) is 19.3 Å². The van der Waals surface area contributed by atoms with Gasteiger partial charge in [-0.25, -0.2) is 4.79 Å². The molecular weight excluding hydrogens is 256 g/mol. The highest BCUT2D eigenvalue weighted by Crippen LogP contribution is 1.99. The Balaban J connectivity index is 1.97. The third-order valence-corrected chi connectivity index (χ3v) is 2.90. The fraction of sp³-hybridized carbons (Fsp3) is 0.467. The van der Waals surface area contributed by atoms with Crippen molar-refractivity contribution in [1.82, 2.24) is 10.6 Å². The summed E-state index contributed by atoms with van der Waals surface area (Å²) in [7, 11) is 0. The van der Waals surface area contributed by atoms with Crippen LogP contribution in [0.4, 0.5) is 4.79 Å². The van der Waals surface area contributed by atoms with Gasteiger partial charge in [0.25, 0.3) is 0 Å². The predicted octanol–water partition coefficient (Wildman–Crippen LogP) is 2.17. The summed E-state index contributed by atoms with van der Waals surface area (Å²) < 4.78 is 0. The van der Waals surface area contributed by atoms with Gasteiger partial charge in [0, 0.05) is 19.5 Å². The Hall–Kier alpha value is -2.04. The van der Waals surface area contributed by atoms with Crippen LogP contribution in [-0.4, -0.2) is 30.2 Å². The molecule has 0 atom stereocenters. The Morgan fingerprint density at radius 3 is 2.35 bits per heavy atom. The van der Waals surface area contributed by atoms with Crippen LogP contribution in [0.2, 0.25) is 0 Å². The minimum Gasteiger partial charge on any atom is -0.481 e. The fourth-order valence-corrected chi connectivity index (χ4v) is 1.81. The molecule has 20 heavy (non-hydrogen) atoms. The summed E-state index contributed by atoms with van der Waals surface area (Å²) in [4.78, 5) is 21.8.